The van der Waals surface area contributed by atoms with Gasteiger partial charge in [-0.1, -0.05) is 53.2 Å². The molecular formula is C21H12Cl2F2N2OS. The van der Waals surface area contributed by atoms with Crippen molar-refractivity contribution in [2.24, 2.45) is 0 Å². The third kappa shape index (κ3) is 4.01. The van der Waals surface area contributed by atoms with Gasteiger partial charge in [-0.15, -0.1) is 0 Å². The molecule has 0 saturated heterocycles. The van der Waals surface area contributed by atoms with Crippen LogP contribution in [-0.2, 0) is 5.75 Å². The van der Waals surface area contributed by atoms with E-state index in [1.54, 1.807) is 42.5 Å². The minimum Gasteiger partial charge on any atom is -0.268 e. The number of halogens is 4. The molecule has 0 amide bonds. The van der Waals surface area contributed by atoms with Gasteiger partial charge in [0.2, 0.25) is 0 Å². The summed E-state index contributed by atoms with van der Waals surface area (Å²) < 4.78 is 28.1. The van der Waals surface area contributed by atoms with Gasteiger partial charge in [0.05, 0.1) is 21.6 Å². The average Bonchev–Trinajstić information content (AvgIpc) is 2.71. The van der Waals surface area contributed by atoms with E-state index < -0.39 is 11.6 Å². The monoisotopic (exact) mass is 448 g/mol. The van der Waals surface area contributed by atoms with E-state index in [9.17, 15) is 13.6 Å². The molecule has 0 radical (unpaired) electrons. The lowest BCUT2D eigenvalue weighted by Gasteiger charge is -2.15. The van der Waals surface area contributed by atoms with Crippen molar-refractivity contribution in [1.82, 2.24) is 9.55 Å². The summed E-state index contributed by atoms with van der Waals surface area (Å²) in [5.41, 5.74) is 1.18. The fraction of sp³-hybridized carbons (Fsp3) is 0.0476. The first-order chi connectivity index (χ1) is 13.9. The van der Waals surface area contributed by atoms with Gasteiger partial charge in [-0.05, 0) is 48.0 Å². The first-order valence-electron chi connectivity index (χ1n) is 8.48. The van der Waals surface area contributed by atoms with E-state index in [2.05, 4.69) is 4.98 Å². The highest BCUT2D eigenvalue weighted by molar-refractivity contribution is 7.98. The largest absolute Gasteiger partial charge is 0.268 e. The SMILES string of the molecule is O=c1c2ccccc2nc(SCc2ccc(F)c(F)c2)n1-c1cc(Cl)ccc1Cl. The molecule has 3 aromatic carbocycles. The van der Waals surface area contributed by atoms with Crippen molar-refractivity contribution in [3.8, 4) is 5.69 Å². The minimum absolute atomic E-state index is 0.278. The third-order valence-electron chi connectivity index (χ3n) is 4.25. The van der Waals surface area contributed by atoms with Gasteiger partial charge in [0.15, 0.2) is 16.8 Å². The lowest BCUT2D eigenvalue weighted by molar-refractivity contribution is 0.507. The number of fused-ring (bicyclic) bond motifs is 1. The summed E-state index contributed by atoms with van der Waals surface area (Å²) in [6, 6.07) is 15.5. The number of benzene rings is 3. The molecule has 4 aromatic rings. The minimum atomic E-state index is -0.926. The Labute approximate surface area is 178 Å². The maximum atomic E-state index is 13.5. The van der Waals surface area contributed by atoms with Crippen molar-refractivity contribution in [1.29, 1.82) is 0 Å². The van der Waals surface area contributed by atoms with Gasteiger partial charge in [0.25, 0.3) is 5.56 Å². The molecule has 0 saturated carbocycles. The van der Waals surface area contributed by atoms with E-state index in [1.165, 1.54) is 22.4 Å². The van der Waals surface area contributed by atoms with Crippen molar-refractivity contribution >= 4 is 45.9 Å². The van der Waals surface area contributed by atoms with Crippen molar-refractivity contribution in [2.45, 2.75) is 10.9 Å². The predicted molar refractivity (Wildman–Crippen MR) is 113 cm³/mol. The number of rotatable bonds is 4. The van der Waals surface area contributed by atoms with Gasteiger partial charge in [0.1, 0.15) is 0 Å². The molecule has 3 nitrogen and oxygen atoms in total. The van der Waals surface area contributed by atoms with Gasteiger partial charge >= 0.3 is 0 Å². The van der Waals surface area contributed by atoms with Crippen LogP contribution in [0.2, 0.25) is 10.0 Å². The highest BCUT2D eigenvalue weighted by Crippen LogP contribution is 2.29. The Morgan fingerprint density at radius 3 is 2.55 bits per heavy atom. The molecule has 0 aliphatic heterocycles. The summed E-state index contributed by atoms with van der Waals surface area (Å²) >= 11 is 13.7. The van der Waals surface area contributed by atoms with Crippen molar-refractivity contribution in [2.75, 3.05) is 0 Å². The molecule has 1 heterocycles. The van der Waals surface area contributed by atoms with Gasteiger partial charge < -0.3 is 0 Å². The maximum absolute atomic E-state index is 13.5. The second kappa shape index (κ2) is 8.14. The van der Waals surface area contributed by atoms with E-state index in [4.69, 9.17) is 23.2 Å². The van der Waals surface area contributed by atoms with Crippen LogP contribution in [0.4, 0.5) is 8.78 Å². The number of para-hydroxylation sites is 1. The van der Waals surface area contributed by atoms with E-state index in [0.29, 0.717) is 37.4 Å². The molecule has 0 atom stereocenters. The molecule has 0 spiro atoms. The van der Waals surface area contributed by atoms with Crippen LogP contribution >= 0.6 is 35.0 Å². The summed E-state index contributed by atoms with van der Waals surface area (Å²) in [4.78, 5) is 17.8. The Kier molecular flexibility index (Phi) is 5.58. The fourth-order valence-electron chi connectivity index (χ4n) is 2.86. The van der Waals surface area contributed by atoms with Crippen LogP contribution in [0, 0.1) is 11.6 Å². The predicted octanol–water partition coefficient (Wildman–Crippen LogP) is 6.26. The van der Waals surface area contributed by atoms with Crippen molar-refractivity contribution < 1.29 is 8.78 Å². The summed E-state index contributed by atoms with van der Waals surface area (Å²) in [5, 5.41) is 1.55. The molecule has 29 heavy (non-hydrogen) atoms. The van der Waals surface area contributed by atoms with Gasteiger partial charge in [-0.2, -0.15) is 0 Å². The summed E-state index contributed by atoms with van der Waals surface area (Å²) in [6.07, 6.45) is 0. The lowest BCUT2D eigenvalue weighted by atomic mass is 10.2. The first kappa shape index (κ1) is 19.9. The zero-order valence-electron chi connectivity index (χ0n) is 14.7. The molecule has 8 heteroatoms. The molecular weight excluding hydrogens is 437 g/mol. The molecule has 1 aromatic heterocycles. The number of nitrogens with zero attached hydrogens (tertiary/aromatic N) is 2. The highest BCUT2D eigenvalue weighted by Gasteiger charge is 2.16. The Bertz CT molecular complexity index is 1290. The molecule has 0 aliphatic rings. The average molecular weight is 449 g/mol. The summed E-state index contributed by atoms with van der Waals surface area (Å²) in [7, 11) is 0. The van der Waals surface area contributed by atoms with Crippen molar-refractivity contribution in [3.05, 3.63) is 98.3 Å². The first-order valence-corrected chi connectivity index (χ1v) is 10.2. The van der Waals surface area contributed by atoms with Crippen LogP contribution in [0.15, 0.2) is 70.6 Å². The van der Waals surface area contributed by atoms with Crippen LogP contribution in [0.3, 0.4) is 0 Å². The lowest BCUT2D eigenvalue weighted by Crippen LogP contribution is -2.22. The number of thioether (sulfide) groups is 1. The highest BCUT2D eigenvalue weighted by atomic mass is 35.5. The molecule has 0 unspecified atom stereocenters. The normalized spacial score (nSPS) is 11.2. The molecule has 0 N–H and O–H groups in total. The number of aromatic nitrogens is 2. The van der Waals surface area contributed by atoms with E-state index in [-0.39, 0.29) is 11.3 Å². The standard InChI is InChI=1S/C21H12Cl2F2N2OS/c22-13-6-7-15(23)19(10-13)27-20(28)14-3-1-2-4-18(14)26-21(27)29-11-12-5-8-16(24)17(25)9-12/h1-10H,11H2. The van der Waals surface area contributed by atoms with Crippen LogP contribution in [0.25, 0.3) is 16.6 Å². The zero-order valence-corrected chi connectivity index (χ0v) is 17.0. The van der Waals surface area contributed by atoms with Crippen LogP contribution < -0.4 is 5.56 Å². The Balaban J connectivity index is 1.86. The van der Waals surface area contributed by atoms with Crippen LogP contribution in [0.1, 0.15) is 5.56 Å². The number of hydrogen-bond donors (Lipinski definition) is 0. The molecule has 0 bridgehead atoms. The molecule has 0 aliphatic carbocycles. The Morgan fingerprint density at radius 2 is 1.76 bits per heavy atom. The zero-order chi connectivity index (χ0) is 20.5. The summed E-state index contributed by atoms with van der Waals surface area (Å²) in [5.74, 6) is -1.56. The second-order valence-corrected chi connectivity index (χ2v) is 7.97. The van der Waals surface area contributed by atoms with Gasteiger partial charge in [0, 0.05) is 10.8 Å². The molecule has 146 valence electrons. The molecule has 0 fully saturated rings. The van der Waals surface area contributed by atoms with E-state index >= 15 is 0 Å². The third-order valence-corrected chi connectivity index (χ3v) is 5.81. The van der Waals surface area contributed by atoms with E-state index in [0.717, 1.165) is 12.1 Å². The van der Waals surface area contributed by atoms with E-state index in [1.807, 2.05) is 0 Å². The fourth-order valence-corrected chi connectivity index (χ4v) is 4.17. The second-order valence-electron chi connectivity index (χ2n) is 6.18. The molecule has 4 rings (SSSR count). The van der Waals surface area contributed by atoms with Gasteiger partial charge in [-0.3, -0.25) is 9.36 Å². The van der Waals surface area contributed by atoms with Crippen molar-refractivity contribution in [3.63, 3.8) is 0 Å². The Hall–Kier alpha value is -2.41. The van der Waals surface area contributed by atoms with Crippen LogP contribution in [-0.4, -0.2) is 9.55 Å². The smallest absolute Gasteiger partial charge is 0.266 e. The Morgan fingerprint density at radius 1 is 0.966 bits per heavy atom. The van der Waals surface area contributed by atoms with Gasteiger partial charge in [-0.25, -0.2) is 13.8 Å². The summed E-state index contributed by atoms with van der Waals surface area (Å²) in [6.45, 7) is 0. The van der Waals surface area contributed by atoms with Crippen LogP contribution in [0.5, 0.6) is 0 Å². The quantitative estimate of drug-likeness (QED) is 0.272. The number of hydrogen-bond acceptors (Lipinski definition) is 3. The maximum Gasteiger partial charge on any atom is 0.266 e. The topological polar surface area (TPSA) is 34.9 Å².